The Morgan fingerprint density at radius 2 is 1.88 bits per heavy atom. The molecule has 0 saturated carbocycles. The van der Waals surface area contributed by atoms with Crippen LogP contribution in [0.2, 0.25) is 0 Å². The van der Waals surface area contributed by atoms with Crippen molar-refractivity contribution >= 4 is 23.3 Å². The molecule has 132 valence electrons. The van der Waals surface area contributed by atoms with Crippen molar-refractivity contribution in [2.45, 2.75) is 27.7 Å². The molecular weight excluding hydrogens is 328 g/mol. The number of esters is 1. The Hall–Kier alpha value is -3.16. The molecule has 0 aliphatic carbocycles. The molecule has 2 rings (SSSR count). The summed E-state index contributed by atoms with van der Waals surface area (Å²) < 4.78 is 10.4. The number of nitro benzene ring substituents is 1. The standard InChI is InChI=1S/C17H18N2O6/c1-9-5-6-13(19(22)23)7-14(9)18-15(20)8-24-17(21)16-10(2)11(3)25-12(16)4/h5-7H,8H2,1-4H3,(H,18,20). The second-order valence-corrected chi connectivity index (χ2v) is 5.60. The number of carbonyl (C=O) groups is 2. The van der Waals surface area contributed by atoms with Crippen molar-refractivity contribution in [2.75, 3.05) is 11.9 Å². The Morgan fingerprint density at radius 1 is 1.20 bits per heavy atom. The predicted octanol–water partition coefficient (Wildman–Crippen LogP) is 3.22. The smallest absolute Gasteiger partial charge is 0.342 e. The molecule has 0 aliphatic heterocycles. The highest BCUT2D eigenvalue weighted by molar-refractivity contribution is 5.97. The highest BCUT2D eigenvalue weighted by atomic mass is 16.6. The van der Waals surface area contributed by atoms with Crippen molar-refractivity contribution in [1.82, 2.24) is 0 Å². The van der Waals surface area contributed by atoms with Crippen molar-refractivity contribution in [3.8, 4) is 0 Å². The number of nitro groups is 1. The van der Waals surface area contributed by atoms with Crippen LogP contribution in [-0.4, -0.2) is 23.4 Å². The number of nitrogens with zero attached hydrogens (tertiary/aromatic N) is 1. The average molecular weight is 346 g/mol. The molecule has 0 fully saturated rings. The topological polar surface area (TPSA) is 112 Å². The van der Waals surface area contributed by atoms with Crippen molar-refractivity contribution < 1.29 is 23.7 Å². The van der Waals surface area contributed by atoms with E-state index in [1.165, 1.54) is 18.2 Å². The van der Waals surface area contributed by atoms with E-state index in [0.717, 1.165) is 0 Å². The Balaban J connectivity index is 2.03. The van der Waals surface area contributed by atoms with Crippen LogP contribution in [0.1, 0.15) is 33.0 Å². The highest BCUT2D eigenvalue weighted by Crippen LogP contribution is 2.23. The molecule has 2 aromatic rings. The number of ether oxygens (including phenoxy) is 1. The van der Waals surface area contributed by atoms with Crippen LogP contribution in [0.4, 0.5) is 11.4 Å². The maximum Gasteiger partial charge on any atom is 0.342 e. The average Bonchev–Trinajstić information content (AvgIpc) is 2.79. The number of rotatable bonds is 5. The van der Waals surface area contributed by atoms with Crippen molar-refractivity contribution in [2.24, 2.45) is 0 Å². The fraction of sp³-hybridized carbons (Fsp3) is 0.294. The lowest BCUT2D eigenvalue weighted by atomic mass is 10.1. The molecule has 8 heteroatoms. The Labute approximate surface area is 143 Å². The number of benzene rings is 1. The van der Waals surface area contributed by atoms with E-state index in [4.69, 9.17) is 9.15 Å². The van der Waals surface area contributed by atoms with Gasteiger partial charge < -0.3 is 14.5 Å². The normalized spacial score (nSPS) is 10.4. The lowest BCUT2D eigenvalue weighted by Crippen LogP contribution is -2.21. The molecule has 1 aromatic carbocycles. The number of carbonyl (C=O) groups excluding carboxylic acids is 2. The zero-order valence-corrected chi connectivity index (χ0v) is 14.3. The Morgan fingerprint density at radius 3 is 2.44 bits per heavy atom. The van der Waals surface area contributed by atoms with E-state index in [0.29, 0.717) is 33.9 Å². The first-order valence-corrected chi connectivity index (χ1v) is 7.49. The van der Waals surface area contributed by atoms with E-state index in [1.54, 1.807) is 27.7 Å². The van der Waals surface area contributed by atoms with Crippen LogP contribution in [-0.2, 0) is 9.53 Å². The van der Waals surface area contributed by atoms with Crippen LogP contribution in [0, 0.1) is 37.8 Å². The fourth-order valence-corrected chi connectivity index (χ4v) is 2.34. The molecule has 0 unspecified atom stereocenters. The summed E-state index contributed by atoms with van der Waals surface area (Å²) in [6, 6.07) is 4.13. The van der Waals surface area contributed by atoms with Gasteiger partial charge in [0.15, 0.2) is 6.61 Å². The van der Waals surface area contributed by atoms with Gasteiger partial charge in [-0.2, -0.15) is 0 Å². The third-order valence-electron chi connectivity index (χ3n) is 3.81. The first-order chi connectivity index (χ1) is 11.7. The molecule has 1 aromatic heterocycles. The van der Waals surface area contributed by atoms with Gasteiger partial charge in [-0.3, -0.25) is 14.9 Å². The molecule has 25 heavy (non-hydrogen) atoms. The van der Waals surface area contributed by atoms with E-state index in [2.05, 4.69) is 5.32 Å². The predicted molar refractivity (Wildman–Crippen MR) is 89.7 cm³/mol. The SMILES string of the molecule is Cc1ccc([N+](=O)[O-])cc1NC(=O)COC(=O)c1c(C)oc(C)c1C. The van der Waals surface area contributed by atoms with Crippen LogP contribution >= 0.6 is 0 Å². The summed E-state index contributed by atoms with van der Waals surface area (Å²) in [7, 11) is 0. The number of nitrogens with one attached hydrogen (secondary N) is 1. The van der Waals surface area contributed by atoms with Gasteiger partial charge in [0.2, 0.25) is 0 Å². The molecule has 0 atom stereocenters. The van der Waals surface area contributed by atoms with E-state index in [-0.39, 0.29) is 5.69 Å². The molecule has 0 saturated heterocycles. The third-order valence-corrected chi connectivity index (χ3v) is 3.81. The van der Waals surface area contributed by atoms with E-state index < -0.39 is 23.4 Å². The molecule has 0 spiro atoms. The molecule has 1 amide bonds. The van der Waals surface area contributed by atoms with Crippen LogP contribution in [0.25, 0.3) is 0 Å². The van der Waals surface area contributed by atoms with E-state index in [1.807, 2.05) is 0 Å². The molecule has 1 heterocycles. The summed E-state index contributed by atoms with van der Waals surface area (Å²) in [5.41, 5.74) is 1.77. The van der Waals surface area contributed by atoms with Crippen LogP contribution in [0.3, 0.4) is 0 Å². The second-order valence-electron chi connectivity index (χ2n) is 5.60. The number of hydrogen-bond acceptors (Lipinski definition) is 6. The van der Waals surface area contributed by atoms with Crippen LogP contribution in [0.15, 0.2) is 22.6 Å². The zero-order chi connectivity index (χ0) is 18.7. The van der Waals surface area contributed by atoms with Crippen molar-refractivity contribution in [3.05, 3.63) is 56.5 Å². The van der Waals surface area contributed by atoms with E-state index >= 15 is 0 Å². The summed E-state index contributed by atoms with van der Waals surface area (Å²) in [4.78, 5) is 34.3. The molecule has 0 bridgehead atoms. The molecular formula is C17H18N2O6. The van der Waals surface area contributed by atoms with Gasteiger partial charge in [-0.25, -0.2) is 4.79 Å². The van der Waals surface area contributed by atoms with Crippen molar-refractivity contribution in [1.29, 1.82) is 0 Å². The van der Waals surface area contributed by atoms with Gasteiger partial charge in [-0.1, -0.05) is 6.07 Å². The van der Waals surface area contributed by atoms with Crippen LogP contribution < -0.4 is 5.32 Å². The molecule has 1 N–H and O–H groups in total. The maximum absolute atomic E-state index is 12.1. The van der Waals surface area contributed by atoms with Gasteiger partial charge in [-0.05, 0) is 33.3 Å². The lowest BCUT2D eigenvalue weighted by Gasteiger charge is -2.09. The molecule has 0 aliphatic rings. The Kier molecular flexibility index (Phi) is 5.21. The van der Waals surface area contributed by atoms with Gasteiger partial charge in [0.05, 0.1) is 10.6 Å². The van der Waals surface area contributed by atoms with Gasteiger partial charge >= 0.3 is 5.97 Å². The summed E-state index contributed by atoms with van der Waals surface area (Å²) in [5.74, 6) is -0.207. The molecule has 0 radical (unpaired) electrons. The minimum Gasteiger partial charge on any atom is -0.465 e. The first-order valence-electron chi connectivity index (χ1n) is 7.49. The Bertz CT molecular complexity index is 853. The van der Waals surface area contributed by atoms with Crippen molar-refractivity contribution in [3.63, 3.8) is 0 Å². The quantitative estimate of drug-likeness (QED) is 0.505. The van der Waals surface area contributed by atoms with Gasteiger partial charge in [-0.15, -0.1) is 0 Å². The lowest BCUT2D eigenvalue weighted by molar-refractivity contribution is -0.384. The number of hydrogen-bond donors (Lipinski definition) is 1. The summed E-state index contributed by atoms with van der Waals surface area (Å²) in [6.07, 6.45) is 0. The monoisotopic (exact) mass is 346 g/mol. The van der Waals surface area contributed by atoms with Gasteiger partial charge in [0.1, 0.15) is 17.1 Å². The van der Waals surface area contributed by atoms with Gasteiger partial charge in [0.25, 0.3) is 11.6 Å². The minimum atomic E-state index is -0.655. The summed E-state index contributed by atoms with van der Waals surface area (Å²) in [6.45, 7) is 6.30. The number of amides is 1. The second kappa shape index (κ2) is 7.16. The fourth-order valence-electron chi connectivity index (χ4n) is 2.34. The number of furan rings is 1. The number of aryl methyl sites for hydroxylation is 3. The largest absolute Gasteiger partial charge is 0.465 e. The first kappa shape index (κ1) is 18.2. The molecule has 8 nitrogen and oxygen atoms in total. The number of anilines is 1. The van der Waals surface area contributed by atoms with E-state index in [9.17, 15) is 19.7 Å². The van der Waals surface area contributed by atoms with Crippen LogP contribution in [0.5, 0.6) is 0 Å². The van der Waals surface area contributed by atoms with Gasteiger partial charge in [0, 0.05) is 17.7 Å². The maximum atomic E-state index is 12.1. The summed E-state index contributed by atoms with van der Waals surface area (Å²) >= 11 is 0. The summed E-state index contributed by atoms with van der Waals surface area (Å²) in [5, 5.41) is 13.3. The zero-order valence-electron chi connectivity index (χ0n) is 14.3. The number of non-ortho nitro benzene ring substituents is 1. The third kappa shape index (κ3) is 4.03. The highest BCUT2D eigenvalue weighted by Gasteiger charge is 2.21. The minimum absolute atomic E-state index is 0.141.